The first kappa shape index (κ1) is 22.0. The molecule has 11 heteroatoms. The maximum atomic E-state index is 11.7. The Kier molecular flexibility index (Phi) is 8.33. The summed E-state index contributed by atoms with van der Waals surface area (Å²) < 4.78 is 20.6. The molecule has 0 aromatic heterocycles. The molecule has 10 nitrogen and oxygen atoms in total. The summed E-state index contributed by atoms with van der Waals surface area (Å²) in [5.74, 6) is -2.64. The molecule has 23 heavy (non-hydrogen) atoms. The second kappa shape index (κ2) is 8.72. The fourth-order valence-electron chi connectivity index (χ4n) is 2.13. The van der Waals surface area contributed by atoms with Crippen molar-refractivity contribution in [1.29, 1.82) is 0 Å². The molecule has 2 atom stereocenters. The topological polar surface area (TPSA) is 151 Å². The Labute approximate surface area is 134 Å². The lowest BCUT2D eigenvalue weighted by Gasteiger charge is -2.44. The van der Waals surface area contributed by atoms with Gasteiger partial charge in [0.15, 0.2) is 6.73 Å². The zero-order valence-electron chi connectivity index (χ0n) is 13.5. The highest BCUT2D eigenvalue weighted by Gasteiger charge is 2.53. The van der Waals surface area contributed by atoms with E-state index in [0.717, 1.165) is 0 Å². The molecule has 0 aromatic rings. The van der Waals surface area contributed by atoms with Crippen molar-refractivity contribution in [3.05, 3.63) is 0 Å². The number of aliphatic hydroxyl groups is 1. The van der Waals surface area contributed by atoms with Gasteiger partial charge in [-0.25, -0.2) is 13.9 Å². The van der Waals surface area contributed by atoms with E-state index in [9.17, 15) is 24.2 Å². The van der Waals surface area contributed by atoms with Crippen molar-refractivity contribution in [2.75, 3.05) is 34.0 Å². The number of hydrogen-bond acceptors (Lipinski definition) is 6. The Morgan fingerprint density at radius 2 is 1.78 bits per heavy atom. The van der Waals surface area contributed by atoms with Gasteiger partial charge in [0.2, 0.25) is 5.54 Å². The van der Waals surface area contributed by atoms with Gasteiger partial charge < -0.3 is 20.2 Å². The lowest BCUT2D eigenvalue weighted by Crippen LogP contribution is -2.65. The van der Waals surface area contributed by atoms with E-state index in [4.69, 9.17) is 14.7 Å². The van der Waals surface area contributed by atoms with Gasteiger partial charge in [-0.05, 0) is 6.42 Å². The molecule has 0 aliphatic rings. The Balaban J connectivity index is 5.15. The van der Waals surface area contributed by atoms with E-state index in [1.807, 2.05) is 0 Å². The molecule has 0 heterocycles. The molecule has 0 saturated carbocycles. The van der Waals surface area contributed by atoms with Crippen molar-refractivity contribution >= 4 is 19.8 Å². The number of phosphoric acid groups is 1. The number of carbonyl (C=O) groups is 2. The number of carboxylic acids is 2. The van der Waals surface area contributed by atoms with Gasteiger partial charge >= 0.3 is 19.8 Å². The summed E-state index contributed by atoms with van der Waals surface area (Å²) in [6.07, 6.45) is -0.554. The standard InChI is InChI=1S/C12H24NO9P/c1-4-12(11(17)18,8-10(15)16)13(2,3)9-22-23(19,20)21-7-5-6-14/h14H,4-9H2,1-3H3,(H2-,15,16,17,18,19,20)/p+1. The molecule has 4 N–H and O–H groups in total. The number of likely N-dealkylation sites (N-methyl/N-ethyl adjacent to an activating group) is 1. The molecule has 0 radical (unpaired) electrons. The molecular weight excluding hydrogens is 333 g/mol. The van der Waals surface area contributed by atoms with Crippen LogP contribution < -0.4 is 0 Å². The number of hydrogen-bond donors (Lipinski definition) is 4. The number of aliphatic carboxylic acids is 2. The number of nitrogens with zero attached hydrogens (tertiary/aromatic N) is 1. The van der Waals surface area contributed by atoms with Crippen LogP contribution in [0.3, 0.4) is 0 Å². The molecule has 0 aliphatic heterocycles. The Morgan fingerprint density at radius 3 is 2.17 bits per heavy atom. The van der Waals surface area contributed by atoms with Gasteiger partial charge in [-0.1, -0.05) is 6.92 Å². The Bertz CT molecular complexity index is 467. The molecule has 2 unspecified atom stereocenters. The SMILES string of the molecule is CCC(CC(=O)O)(C(=O)O)[N+](C)(C)COP(=O)(O)OCCCO. The average Bonchev–Trinajstić information content (AvgIpc) is 2.42. The van der Waals surface area contributed by atoms with E-state index in [-0.39, 0.29) is 26.1 Å². The predicted molar refractivity (Wildman–Crippen MR) is 78.5 cm³/mol. The Morgan fingerprint density at radius 1 is 1.22 bits per heavy atom. The van der Waals surface area contributed by atoms with Crippen LogP contribution in [0, 0.1) is 0 Å². The number of carboxylic acid groups (broad SMARTS) is 2. The van der Waals surface area contributed by atoms with Gasteiger partial charge in [0.05, 0.1) is 20.7 Å². The van der Waals surface area contributed by atoms with Crippen molar-refractivity contribution in [3.8, 4) is 0 Å². The summed E-state index contributed by atoms with van der Waals surface area (Å²) in [6, 6.07) is 0. The third kappa shape index (κ3) is 6.17. The van der Waals surface area contributed by atoms with E-state index in [0.29, 0.717) is 0 Å². The molecule has 0 saturated heterocycles. The number of phosphoric ester groups is 1. The molecule has 0 rings (SSSR count). The molecule has 0 spiro atoms. The fraction of sp³-hybridized carbons (Fsp3) is 0.833. The van der Waals surface area contributed by atoms with Crippen LogP contribution in [0.25, 0.3) is 0 Å². The van der Waals surface area contributed by atoms with E-state index >= 15 is 0 Å². The first-order valence-electron chi connectivity index (χ1n) is 6.95. The highest BCUT2D eigenvalue weighted by Crippen LogP contribution is 2.44. The largest absolute Gasteiger partial charge is 0.481 e. The second-order valence-corrected chi connectivity index (χ2v) is 7.04. The number of aliphatic hydroxyl groups excluding tert-OH is 1. The van der Waals surface area contributed by atoms with Crippen LogP contribution in [-0.2, 0) is 23.2 Å². The normalized spacial score (nSPS) is 17.3. The van der Waals surface area contributed by atoms with Crippen molar-refractivity contribution in [2.45, 2.75) is 31.7 Å². The van der Waals surface area contributed by atoms with Gasteiger partial charge in [0.1, 0.15) is 6.42 Å². The minimum Gasteiger partial charge on any atom is -0.481 e. The van der Waals surface area contributed by atoms with Gasteiger partial charge in [-0.2, -0.15) is 0 Å². The van der Waals surface area contributed by atoms with Gasteiger partial charge in [-0.3, -0.25) is 13.8 Å². The Hall–Kier alpha value is -1.03. The van der Waals surface area contributed by atoms with E-state index in [1.165, 1.54) is 21.0 Å². The monoisotopic (exact) mass is 358 g/mol. The minimum absolute atomic E-state index is 0.0217. The summed E-state index contributed by atoms with van der Waals surface area (Å²) in [4.78, 5) is 32.2. The van der Waals surface area contributed by atoms with Crippen molar-refractivity contribution < 1.29 is 47.9 Å². The second-order valence-electron chi connectivity index (χ2n) is 5.58. The third-order valence-electron chi connectivity index (χ3n) is 3.69. The zero-order valence-corrected chi connectivity index (χ0v) is 14.4. The highest BCUT2D eigenvalue weighted by atomic mass is 31.2. The first-order chi connectivity index (χ1) is 10.4. The molecule has 0 fully saturated rings. The van der Waals surface area contributed by atoms with Gasteiger partial charge in [-0.15, -0.1) is 0 Å². The van der Waals surface area contributed by atoms with Crippen LogP contribution in [-0.4, -0.2) is 76.2 Å². The maximum absolute atomic E-state index is 11.7. The highest BCUT2D eigenvalue weighted by molar-refractivity contribution is 7.47. The zero-order chi connectivity index (χ0) is 18.3. The summed E-state index contributed by atoms with van der Waals surface area (Å²) in [6.45, 7) is 0.552. The van der Waals surface area contributed by atoms with Gasteiger partial charge in [0.25, 0.3) is 0 Å². The molecule has 0 aromatic carbocycles. The summed E-state index contributed by atoms with van der Waals surface area (Å²) in [7, 11) is -1.64. The molecular formula is C12H25NO9P+. The molecule has 0 aliphatic carbocycles. The van der Waals surface area contributed by atoms with E-state index < -0.39 is 42.9 Å². The maximum Gasteiger partial charge on any atom is 0.476 e. The molecule has 136 valence electrons. The third-order valence-corrected chi connectivity index (χ3v) is 4.64. The van der Waals surface area contributed by atoms with Crippen LogP contribution in [0.5, 0.6) is 0 Å². The smallest absolute Gasteiger partial charge is 0.476 e. The van der Waals surface area contributed by atoms with Crippen LogP contribution in [0.15, 0.2) is 0 Å². The van der Waals surface area contributed by atoms with Crippen molar-refractivity contribution in [3.63, 3.8) is 0 Å². The lowest BCUT2D eigenvalue weighted by atomic mass is 9.88. The van der Waals surface area contributed by atoms with Crippen LogP contribution >= 0.6 is 7.82 Å². The van der Waals surface area contributed by atoms with Crippen LogP contribution in [0.4, 0.5) is 0 Å². The summed E-state index contributed by atoms with van der Waals surface area (Å²) in [5, 5.41) is 27.1. The fourth-order valence-corrected chi connectivity index (χ4v) is 2.99. The van der Waals surface area contributed by atoms with Crippen molar-refractivity contribution in [2.24, 2.45) is 0 Å². The summed E-state index contributed by atoms with van der Waals surface area (Å²) in [5.41, 5.74) is -1.73. The average molecular weight is 358 g/mol. The molecule has 0 amide bonds. The van der Waals surface area contributed by atoms with Crippen molar-refractivity contribution in [1.82, 2.24) is 0 Å². The quantitative estimate of drug-likeness (QED) is 0.166. The van der Waals surface area contributed by atoms with Crippen LogP contribution in [0.2, 0.25) is 0 Å². The van der Waals surface area contributed by atoms with Crippen LogP contribution in [0.1, 0.15) is 26.2 Å². The number of quaternary nitrogens is 1. The lowest BCUT2D eigenvalue weighted by molar-refractivity contribution is -0.946. The van der Waals surface area contributed by atoms with Gasteiger partial charge in [0, 0.05) is 13.0 Å². The molecule has 0 bridgehead atoms. The predicted octanol–water partition coefficient (Wildman–Crippen LogP) is 0.244. The van der Waals surface area contributed by atoms with E-state index in [2.05, 4.69) is 4.52 Å². The summed E-state index contributed by atoms with van der Waals surface area (Å²) >= 11 is 0. The van der Waals surface area contributed by atoms with E-state index in [1.54, 1.807) is 0 Å². The first-order valence-corrected chi connectivity index (χ1v) is 8.44. The number of rotatable bonds is 12. The minimum atomic E-state index is -4.43.